The molecule has 0 aromatic carbocycles. The van der Waals surface area contributed by atoms with Crippen molar-refractivity contribution in [2.45, 2.75) is 64.5 Å². The van der Waals surface area contributed by atoms with Crippen molar-refractivity contribution in [3.8, 4) is 0 Å². The maximum Gasteiger partial charge on any atom is 0.0107 e. The Labute approximate surface area is 101 Å². The van der Waals surface area contributed by atoms with Crippen LogP contribution < -0.4 is 5.32 Å². The van der Waals surface area contributed by atoms with Crippen molar-refractivity contribution in [3.05, 3.63) is 0 Å². The third kappa shape index (κ3) is 2.78. The molecule has 1 aliphatic heterocycles. The molecule has 3 unspecified atom stereocenters. The van der Waals surface area contributed by atoms with Gasteiger partial charge in [-0.1, -0.05) is 20.3 Å². The van der Waals surface area contributed by atoms with Gasteiger partial charge in [0.25, 0.3) is 0 Å². The van der Waals surface area contributed by atoms with Crippen LogP contribution in [0.5, 0.6) is 0 Å². The van der Waals surface area contributed by atoms with E-state index in [9.17, 15) is 0 Å². The summed E-state index contributed by atoms with van der Waals surface area (Å²) in [6, 6.07) is 1.70. The molecule has 0 spiro atoms. The number of nitrogens with one attached hydrogen (secondary N) is 1. The first-order chi connectivity index (χ1) is 7.85. The van der Waals surface area contributed by atoms with Crippen LogP contribution in [0.1, 0.15) is 52.4 Å². The smallest absolute Gasteiger partial charge is 0.0107 e. The minimum atomic E-state index is 0.808. The first-order valence-corrected chi connectivity index (χ1v) is 7.32. The van der Waals surface area contributed by atoms with Crippen LogP contribution in [0.4, 0.5) is 0 Å². The Morgan fingerprint density at radius 1 is 1.12 bits per heavy atom. The maximum atomic E-state index is 3.67. The Morgan fingerprint density at radius 2 is 2.00 bits per heavy atom. The van der Waals surface area contributed by atoms with Crippen molar-refractivity contribution in [1.29, 1.82) is 0 Å². The van der Waals surface area contributed by atoms with Gasteiger partial charge < -0.3 is 10.2 Å². The Hall–Kier alpha value is -0.0800. The normalized spacial score (nSPS) is 36.0. The molecule has 16 heavy (non-hydrogen) atoms. The van der Waals surface area contributed by atoms with Gasteiger partial charge in [-0.25, -0.2) is 0 Å². The lowest BCUT2D eigenvalue weighted by molar-refractivity contribution is 0.196. The fraction of sp³-hybridized carbons (Fsp3) is 1.00. The van der Waals surface area contributed by atoms with Gasteiger partial charge in [-0.3, -0.25) is 0 Å². The first kappa shape index (κ1) is 12.4. The summed E-state index contributed by atoms with van der Waals surface area (Å²) in [6.45, 7) is 8.43. The zero-order valence-corrected chi connectivity index (χ0v) is 11.0. The second kappa shape index (κ2) is 6.02. The van der Waals surface area contributed by atoms with Crippen LogP contribution in [0, 0.1) is 5.92 Å². The van der Waals surface area contributed by atoms with Gasteiger partial charge in [0, 0.05) is 18.6 Å². The lowest BCUT2D eigenvalue weighted by Crippen LogP contribution is -2.41. The molecule has 1 N–H and O–H groups in total. The molecule has 1 aliphatic carbocycles. The average Bonchev–Trinajstić information content (AvgIpc) is 2.89. The van der Waals surface area contributed by atoms with Gasteiger partial charge in [-0.15, -0.1) is 0 Å². The van der Waals surface area contributed by atoms with E-state index in [1.54, 1.807) is 0 Å². The Morgan fingerprint density at radius 3 is 2.75 bits per heavy atom. The topological polar surface area (TPSA) is 15.3 Å². The molecule has 2 aliphatic rings. The molecular formula is C14H28N2. The fourth-order valence-electron chi connectivity index (χ4n) is 3.69. The molecule has 2 nitrogen and oxygen atoms in total. The Kier molecular flexibility index (Phi) is 4.66. The fourth-order valence-corrected chi connectivity index (χ4v) is 3.69. The molecule has 3 atom stereocenters. The summed E-state index contributed by atoms with van der Waals surface area (Å²) in [4.78, 5) is 2.76. The van der Waals surface area contributed by atoms with E-state index in [4.69, 9.17) is 0 Å². The van der Waals surface area contributed by atoms with Gasteiger partial charge in [0.05, 0.1) is 0 Å². The lowest BCUT2D eigenvalue weighted by atomic mass is 10.0. The van der Waals surface area contributed by atoms with Crippen LogP contribution in [-0.4, -0.2) is 36.6 Å². The summed E-state index contributed by atoms with van der Waals surface area (Å²) < 4.78 is 0. The molecule has 0 radical (unpaired) electrons. The summed E-state index contributed by atoms with van der Waals surface area (Å²) in [5, 5.41) is 3.67. The van der Waals surface area contributed by atoms with E-state index in [0.717, 1.165) is 24.5 Å². The molecule has 0 bridgehead atoms. The van der Waals surface area contributed by atoms with Gasteiger partial charge in [0.15, 0.2) is 0 Å². The zero-order valence-electron chi connectivity index (χ0n) is 11.0. The monoisotopic (exact) mass is 224 g/mol. The van der Waals surface area contributed by atoms with Crippen molar-refractivity contribution < 1.29 is 0 Å². The SMILES string of the molecule is CCNC1CCCC1CN1CCCC1CC. The molecule has 2 heteroatoms. The summed E-state index contributed by atoms with van der Waals surface area (Å²) in [7, 11) is 0. The molecule has 94 valence electrons. The second-order valence-corrected chi connectivity index (χ2v) is 5.55. The number of nitrogens with zero attached hydrogens (tertiary/aromatic N) is 1. The molecule has 1 saturated heterocycles. The third-order valence-corrected chi connectivity index (χ3v) is 4.56. The van der Waals surface area contributed by atoms with E-state index < -0.39 is 0 Å². The molecule has 1 saturated carbocycles. The number of hydrogen-bond donors (Lipinski definition) is 1. The van der Waals surface area contributed by atoms with E-state index in [1.165, 1.54) is 51.6 Å². The van der Waals surface area contributed by atoms with E-state index in [-0.39, 0.29) is 0 Å². The summed E-state index contributed by atoms with van der Waals surface area (Å²) in [6.07, 6.45) is 8.51. The van der Waals surface area contributed by atoms with Gasteiger partial charge in [0.2, 0.25) is 0 Å². The maximum absolute atomic E-state index is 3.67. The third-order valence-electron chi connectivity index (χ3n) is 4.56. The standard InChI is InChI=1S/C14H28N2/c1-3-13-8-6-10-16(13)11-12-7-5-9-14(12)15-4-2/h12-15H,3-11H2,1-2H3. The highest BCUT2D eigenvalue weighted by molar-refractivity contribution is 4.88. The van der Waals surface area contributed by atoms with Crippen LogP contribution >= 0.6 is 0 Å². The van der Waals surface area contributed by atoms with Crippen molar-refractivity contribution in [2.24, 2.45) is 5.92 Å². The van der Waals surface area contributed by atoms with Crippen LogP contribution in [0.25, 0.3) is 0 Å². The molecular weight excluding hydrogens is 196 g/mol. The predicted molar refractivity (Wildman–Crippen MR) is 69.7 cm³/mol. The van der Waals surface area contributed by atoms with Crippen molar-refractivity contribution in [2.75, 3.05) is 19.6 Å². The summed E-state index contributed by atoms with van der Waals surface area (Å²) >= 11 is 0. The van der Waals surface area contributed by atoms with Crippen molar-refractivity contribution in [1.82, 2.24) is 10.2 Å². The predicted octanol–water partition coefficient (Wildman–Crippen LogP) is 2.64. The largest absolute Gasteiger partial charge is 0.314 e. The highest BCUT2D eigenvalue weighted by Crippen LogP contribution is 2.29. The Bertz CT molecular complexity index is 205. The van der Waals surface area contributed by atoms with Crippen LogP contribution in [0.3, 0.4) is 0 Å². The van der Waals surface area contributed by atoms with Gasteiger partial charge >= 0.3 is 0 Å². The van der Waals surface area contributed by atoms with E-state index in [1.807, 2.05) is 0 Å². The molecule has 0 aromatic rings. The summed E-state index contributed by atoms with van der Waals surface area (Å²) in [5.74, 6) is 0.923. The van der Waals surface area contributed by atoms with E-state index >= 15 is 0 Å². The molecule has 2 fully saturated rings. The van der Waals surface area contributed by atoms with E-state index in [0.29, 0.717) is 0 Å². The minimum absolute atomic E-state index is 0.808. The lowest BCUT2D eigenvalue weighted by Gasteiger charge is -2.29. The highest BCUT2D eigenvalue weighted by Gasteiger charge is 2.31. The van der Waals surface area contributed by atoms with Crippen LogP contribution in [0.15, 0.2) is 0 Å². The van der Waals surface area contributed by atoms with Crippen molar-refractivity contribution >= 4 is 0 Å². The molecule has 1 heterocycles. The Balaban J connectivity index is 1.83. The van der Waals surface area contributed by atoms with Gasteiger partial charge in [-0.05, 0) is 51.1 Å². The molecule has 2 rings (SSSR count). The van der Waals surface area contributed by atoms with Crippen LogP contribution in [-0.2, 0) is 0 Å². The molecule has 0 amide bonds. The summed E-state index contributed by atoms with van der Waals surface area (Å²) in [5.41, 5.74) is 0. The average molecular weight is 224 g/mol. The first-order valence-electron chi connectivity index (χ1n) is 7.32. The van der Waals surface area contributed by atoms with E-state index in [2.05, 4.69) is 24.1 Å². The second-order valence-electron chi connectivity index (χ2n) is 5.55. The minimum Gasteiger partial charge on any atom is -0.314 e. The quantitative estimate of drug-likeness (QED) is 0.772. The molecule has 0 aromatic heterocycles. The van der Waals surface area contributed by atoms with Crippen molar-refractivity contribution in [3.63, 3.8) is 0 Å². The zero-order chi connectivity index (χ0) is 11.4. The highest BCUT2D eigenvalue weighted by atomic mass is 15.2. The van der Waals surface area contributed by atoms with Crippen LogP contribution in [0.2, 0.25) is 0 Å². The number of rotatable bonds is 5. The van der Waals surface area contributed by atoms with Gasteiger partial charge in [-0.2, -0.15) is 0 Å². The number of hydrogen-bond acceptors (Lipinski definition) is 2. The number of likely N-dealkylation sites (tertiary alicyclic amines) is 1. The van der Waals surface area contributed by atoms with Gasteiger partial charge in [0.1, 0.15) is 0 Å².